The van der Waals surface area contributed by atoms with Crippen LogP contribution in [0.3, 0.4) is 0 Å². The molecule has 1 N–H and O–H groups in total. The fraction of sp³-hybridized carbons (Fsp3) is 0.667. The molecule has 1 aliphatic heterocycles. The highest BCUT2D eigenvalue weighted by Crippen LogP contribution is 2.28. The standard InChI is InChI=1S/C18H27NO4S2/c1-14-8-10-16(11-9-14)25(22,23)18-13-24(20,21)12-17(18)19-15-6-4-2-3-5-7-15/h8-11,15,17-19H,2-7,12-13H2,1H3/t17-,18-/m0/s1. The molecule has 1 heterocycles. The molecular formula is C18H27NO4S2. The molecule has 1 aromatic rings. The van der Waals surface area contributed by atoms with Gasteiger partial charge in [0.15, 0.2) is 19.7 Å². The van der Waals surface area contributed by atoms with Crippen LogP contribution in [-0.2, 0) is 19.7 Å². The van der Waals surface area contributed by atoms with Gasteiger partial charge in [-0.2, -0.15) is 0 Å². The molecule has 7 heteroatoms. The molecule has 2 atom stereocenters. The number of sulfone groups is 2. The maximum Gasteiger partial charge on any atom is 0.183 e. The van der Waals surface area contributed by atoms with Crippen LogP contribution >= 0.6 is 0 Å². The highest BCUT2D eigenvalue weighted by atomic mass is 32.2. The monoisotopic (exact) mass is 385 g/mol. The Morgan fingerprint density at radius 2 is 1.56 bits per heavy atom. The van der Waals surface area contributed by atoms with Gasteiger partial charge >= 0.3 is 0 Å². The van der Waals surface area contributed by atoms with E-state index in [0.29, 0.717) is 0 Å². The van der Waals surface area contributed by atoms with Crippen molar-refractivity contribution in [3.63, 3.8) is 0 Å². The summed E-state index contributed by atoms with van der Waals surface area (Å²) in [6, 6.07) is 6.38. The number of rotatable bonds is 4. The molecule has 5 nitrogen and oxygen atoms in total. The molecule has 0 spiro atoms. The van der Waals surface area contributed by atoms with Gasteiger partial charge in [0.2, 0.25) is 0 Å². The second-order valence-electron chi connectivity index (χ2n) is 7.44. The smallest absolute Gasteiger partial charge is 0.183 e. The van der Waals surface area contributed by atoms with Crippen molar-refractivity contribution in [1.29, 1.82) is 0 Å². The first kappa shape index (κ1) is 18.9. The fourth-order valence-corrected chi connectivity index (χ4v) is 8.61. The Morgan fingerprint density at radius 1 is 0.960 bits per heavy atom. The second kappa shape index (κ2) is 7.37. The Bertz CT molecular complexity index is 792. The van der Waals surface area contributed by atoms with Crippen LogP contribution in [0.15, 0.2) is 29.2 Å². The summed E-state index contributed by atoms with van der Waals surface area (Å²) in [5.41, 5.74) is 0.978. The predicted molar refractivity (Wildman–Crippen MR) is 99.2 cm³/mol. The first-order chi connectivity index (χ1) is 11.8. The zero-order chi connectivity index (χ0) is 18.1. The van der Waals surface area contributed by atoms with E-state index >= 15 is 0 Å². The van der Waals surface area contributed by atoms with Crippen LogP contribution in [0.2, 0.25) is 0 Å². The van der Waals surface area contributed by atoms with E-state index < -0.39 is 31.0 Å². The van der Waals surface area contributed by atoms with Crippen molar-refractivity contribution in [3.8, 4) is 0 Å². The Kier molecular flexibility index (Phi) is 5.56. The van der Waals surface area contributed by atoms with Crippen molar-refractivity contribution in [1.82, 2.24) is 5.32 Å². The van der Waals surface area contributed by atoms with Crippen LogP contribution in [0.1, 0.15) is 44.1 Å². The number of aryl methyl sites for hydroxylation is 1. The normalized spacial score (nSPS) is 27.9. The second-order valence-corrected chi connectivity index (χ2v) is 11.8. The molecule has 2 fully saturated rings. The molecule has 1 aliphatic carbocycles. The van der Waals surface area contributed by atoms with Crippen LogP contribution < -0.4 is 5.32 Å². The maximum absolute atomic E-state index is 13.0. The maximum atomic E-state index is 13.0. The van der Waals surface area contributed by atoms with Crippen molar-refractivity contribution in [2.24, 2.45) is 0 Å². The minimum atomic E-state index is -3.68. The lowest BCUT2D eigenvalue weighted by Gasteiger charge is -2.25. The van der Waals surface area contributed by atoms with Gasteiger partial charge in [-0.25, -0.2) is 16.8 Å². The van der Waals surface area contributed by atoms with Crippen LogP contribution in [0.5, 0.6) is 0 Å². The number of hydrogen-bond donors (Lipinski definition) is 1. The summed E-state index contributed by atoms with van der Waals surface area (Å²) in [5.74, 6) is -0.368. The van der Waals surface area contributed by atoms with Crippen molar-refractivity contribution in [2.45, 2.75) is 67.7 Å². The summed E-state index contributed by atoms with van der Waals surface area (Å²) in [6.07, 6.45) is 6.62. The number of nitrogens with one attached hydrogen (secondary N) is 1. The lowest BCUT2D eigenvalue weighted by Crippen LogP contribution is -2.47. The molecule has 0 bridgehead atoms. The fourth-order valence-electron chi connectivity index (χ4n) is 3.93. The van der Waals surface area contributed by atoms with Crippen molar-refractivity contribution < 1.29 is 16.8 Å². The average molecular weight is 386 g/mol. The molecule has 3 rings (SSSR count). The van der Waals surface area contributed by atoms with Gasteiger partial charge in [-0.05, 0) is 31.9 Å². The molecule has 1 saturated heterocycles. The summed E-state index contributed by atoms with van der Waals surface area (Å²) in [6.45, 7) is 1.90. The Morgan fingerprint density at radius 3 is 2.16 bits per heavy atom. The molecule has 0 aromatic heterocycles. The van der Waals surface area contributed by atoms with Crippen molar-refractivity contribution in [2.75, 3.05) is 11.5 Å². The third-order valence-electron chi connectivity index (χ3n) is 5.35. The van der Waals surface area contributed by atoms with Gasteiger partial charge in [0.1, 0.15) is 0 Å². The van der Waals surface area contributed by atoms with Crippen molar-refractivity contribution >= 4 is 19.7 Å². The summed E-state index contributed by atoms with van der Waals surface area (Å²) in [7, 11) is -7.02. The highest BCUT2D eigenvalue weighted by molar-refractivity contribution is 7.96. The van der Waals surface area contributed by atoms with Gasteiger partial charge in [-0.1, -0.05) is 43.4 Å². The number of benzene rings is 1. The molecule has 140 valence electrons. The van der Waals surface area contributed by atoms with E-state index in [1.54, 1.807) is 24.3 Å². The van der Waals surface area contributed by atoms with Crippen molar-refractivity contribution in [3.05, 3.63) is 29.8 Å². The molecule has 0 unspecified atom stereocenters. The van der Waals surface area contributed by atoms with Crippen LogP contribution in [-0.4, -0.2) is 45.7 Å². The minimum Gasteiger partial charge on any atom is -0.309 e. The molecule has 0 radical (unpaired) electrons. The molecule has 25 heavy (non-hydrogen) atoms. The van der Waals surface area contributed by atoms with Gasteiger partial charge in [-0.15, -0.1) is 0 Å². The summed E-state index contributed by atoms with van der Waals surface area (Å²) in [5, 5.41) is 2.49. The first-order valence-electron chi connectivity index (χ1n) is 9.05. The Hall–Kier alpha value is -0.920. The summed E-state index contributed by atoms with van der Waals surface area (Å²) in [4.78, 5) is 0.216. The van der Waals surface area contributed by atoms with Crippen LogP contribution in [0.25, 0.3) is 0 Å². The van der Waals surface area contributed by atoms with E-state index in [0.717, 1.165) is 31.2 Å². The van der Waals surface area contributed by atoms with E-state index in [9.17, 15) is 16.8 Å². The quantitative estimate of drug-likeness (QED) is 0.804. The van der Waals surface area contributed by atoms with E-state index in [2.05, 4.69) is 5.32 Å². The van der Waals surface area contributed by atoms with Crippen LogP contribution in [0, 0.1) is 6.92 Å². The summed E-state index contributed by atoms with van der Waals surface area (Å²) >= 11 is 0. The first-order valence-corrected chi connectivity index (χ1v) is 12.4. The molecule has 2 aliphatic rings. The largest absolute Gasteiger partial charge is 0.309 e. The van der Waals surface area contributed by atoms with E-state index in [4.69, 9.17) is 0 Å². The van der Waals surface area contributed by atoms with Gasteiger partial charge in [0, 0.05) is 12.1 Å². The lowest BCUT2D eigenvalue weighted by molar-refractivity contribution is 0.408. The van der Waals surface area contributed by atoms with Gasteiger partial charge in [-0.3, -0.25) is 0 Å². The Labute approximate surface area is 151 Å². The zero-order valence-corrected chi connectivity index (χ0v) is 16.3. The molecule has 1 aromatic carbocycles. The highest BCUT2D eigenvalue weighted by Gasteiger charge is 2.46. The third kappa shape index (κ3) is 4.44. The third-order valence-corrected chi connectivity index (χ3v) is 9.52. The van der Waals surface area contributed by atoms with E-state index in [1.807, 2.05) is 6.92 Å². The summed E-state index contributed by atoms with van der Waals surface area (Å²) < 4.78 is 50.5. The topological polar surface area (TPSA) is 80.3 Å². The zero-order valence-electron chi connectivity index (χ0n) is 14.6. The number of hydrogen-bond acceptors (Lipinski definition) is 5. The predicted octanol–water partition coefficient (Wildman–Crippen LogP) is 2.25. The Balaban J connectivity index is 1.84. The van der Waals surface area contributed by atoms with E-state index in [1.165, 1.54) is 12.8 Å². The minimum absolute atomic E-state index is 0.0841. The SMILES string of the molecule is Cc1ccc(S(=O)(=O)[C@H]2CS(=O)(=O)C[C@@H]2NC2CCCCCC2)cc1. The molecule has 1 saturated carbocycles. The lowest BCUT2D eigenvalue weighted by atomic mass is 10.1. The van der Waals surface area contributed by atoms with E-state index in [-0.39, 0.29) is 22.4 Å². The van der Waals surface area contributed by atoms with Crippen LogP contribution in [0.4, 0.5) is 0 Å². The average Bonchev–Trinajstić information content (AvgIpc) is 2.72. The van der Waals surface area contributed by atoms with Gasteiger partial charge in [0.25, 0.3) is 0 Å². The van der Waals surface area contributed by atoms with Gasteiger partial charge in [0.05, 0.1) is 21.7 Å². The van der Waals surface area contributed by atoms with Gasteiger partial charge < -0.3 is 5.32 Å². The molecular weight excluding hydrogens is 358 g/mol. The molecule has 0 amide bonds.